The fraction of sp³-hybridized carbons (Fsp3) is 0.692. The van der Waals surface area contributed by atoms with Gasteiger partial charge in [-0.15, -0.1) is 0 Å². The lowest BCUT2D eigenvalue weighted by atomic mass is 10.0. The van der Waals surface area contributed by atoms with Gasteiger partial charge in [0, 0.05) is 25.3 Å². The predicted octanol–water partition coefficient (Wildman–Crippen LogP) is 1.29. The van der Waals surface area contributed by atoms with Crippen LogP contribution in [0.15, 0.2) is 10.9 Å². The van der Waals surface area contributed by atoms with Crippen LogP contribution in [-0.2, 0) is 16.9 Å². The van der Waals surface area contributed by atoms with Crippen LogP contribution in [0.5, 0.6) is 0 Å². The third-order valence-electron chi connectivity index (χ3n) is 3.21. The second-order valence-electron chi connectivity index (χ2n) is 5.30. The van der Waals surface area contributed by atoms with Crippen molar-refractivity contribution in [2.24, 2.45) is 0 Å². The van der Waals surface area contributed by atoms with Crippen molar-refractivity contribution in [3.05, 3.63) is 27.9 Å². The molecular formula is C13H21N3O2. The molecule has 2 heterocycles. The summed E-state index contributed by atoms with van der Waals surface area (Å²) in [7, 11) is 0. The summed E-state index contributed by atoms with van der Waals surface area (Å²) < 4.78 is 5.71. The smallest absolute Gasteiger partial charge is 0.251 e. The summed E-state index contributed by atoms with van der Waals surface area (Å²) in [6, 6.07) is 1.91. The number of nitrogens with one attached hydrogen (secondary N) is 2. The van der Waals surface area contributed by atoms with E-state index in [1.807, 2.05) is 6.92 Å². The molecule has 0 spiro atoms. The molecule has 1 aliphatic heterocycles. The zero-order valence-electron chi connectivity index (χ0n) is 11.2. The molecule has 0 amide bonds. The van der Waals surface area contributed by atoms with Crippen molar-refractivity contribution in [1.82, 2.24) is 15.3 Å². The lowest BCUT2D eigenvalue weighted by molar-refractivity contribution is 0.00893. The van der Waals surface area contributed by atoms with E-state index in [2.05, 4.69) is 29.1 Å². The SMILES string of the molecule is CC(C)NCc1cc(=O)[nH]c(C2(C)CCCO2)n1. The molecule has 18 heavy (non-hydrogen) atoms. The van der Waals surface area contributed by atoms with Crippen LogP contribution in [0.2, 0.25) is 0 Å². The summed E-state index contributed by atoms with van der Waals surface area (Å²) in [4.78, 5) is 19.0. The minimum absolute atomic E-state index is 0.114. The van der Waals surface area contributed by atoms with E-state index < -0.39 is 5.60 Å². The largest absolute Gasteiger partial charge is 0.367 e. The Hall–Kier alpha value is -1.20. The molecule has 1 atom stereocenters. The third-order valence-corrected chi connectivity index (χ3v) is 3.21. The monoisotopic (exact) mass is 251 g/mol. The normalized spacial score (nSPS) is 23.8. The molecule has 5 heteroatoms. The summed E-state index contributed by atoms with van der Waals surface area (Å²) in [6.07, 6.45) is 1.91. The highest BCUT2D eigenvalue weighted by Gasteiger charge is 2.34. The van der Waals surface area contributed by atoms with Gasteiger partial charge in [-0.2, -0.15) is 0 Å². The molecule has 1 unspecified atom stereocenters. The van der Waals surface area contributed by atoms with E-state index in [9.17, 15) is 4.79 Å². The van der Waals surface area contributed by atoms with E-state index in [1.54, 1.807) is 0 Å². The van der Waals surface area contributed by atoms with Crippen LogP contribution in [0, 0.1) is 0 Å². The first kappa shape index (κ1) is 13.2. The second-order valence-corrected chi connectivity index (χ2v) is 5.30. The zero-order chi connectivity index (χ0) is 13.2. The maximum absolute atomic E-state index is 11.7. The standard InChI is InChI=1S/C13H21N3O2/c1-9(2)14-8-10-7-11(17)16-12(15-10)13(3)5-4-6-18-13/h7,9,14H,4-6,8H2,1-3H3,(H,15,16,17). The summed E-state index contributed by atoms with van der Waals surface area (Å²) >= 11 is 0. The first-order valence-electron chi connectivity index (χ1n) is 6.48. The average Bonchev–Trinajstić information content (AvgIpc) is 2.74. The molecule has 1 saturated heterocycles. The molecule has 0 saturated carbocycles. The van der Waals surface area contributed by atoms with Crippen molar-refractivity contribution in [2.45, 2.75) is 51.8 Å². The Morgan fingerprint density at radius 1 is 1.61 bits per heavy atom. The van der Waals surface area contributed by atoms with E-state index >= 15 is 0 Å². The van der Waals surface area contributed by atoms with Crippen LogP contribution in [0.4, 0.5) is 0 Å². The Bertz CT molecular complexity index is 462. The number of rotatable bonds is 4. The van der Waals surface area contributed by atoms with Crippen LogP contribution in [-0.4, -0.2) is 22.6 Å². The zero-order valence-corrected chi connectivity index (χ0v) is 11.2. The van der Waals surface area contributed by atoms with Gasteiger partial charge < -0.3 is 15.0 Å². The van der Waals surface area contributed by atoms with Gasteiger partial charge in [0.1, 0.15) is 11.4 Å². The lowest BCUT2D eigenvalue weighted by Crippen LogP contribution is -2.29. The van der Waals surface area contributed by atoms with Gasteiger partial charge >= 0.3 is 0 Å². The molecule has 1 aliphatic rings. The van der Waals surface area contributed by atoms with Crippen molar-refractivity contribution in [2.75, 3.05) is 6.61 Å². The van der Waals surface area contributed by atoms with E-state index in [0.717, 1.165) is 25.1 Å². The Kier molecular flexibility index (Phi) is 3.82. The minimum atomic E-state index is -0.437. The van der Waals surface area contributed by atoms with Crippen LogP contribution in [0.25, 0.3) is 0 Å². The van der Waals surface area contributed by atoms with Gasteiger partial charge in [-0.1, -0.05) is 13.8 Å². The van der Waals surface area contributed by atoms with Crippen molar-refractivity contribution in [3.63, 3.8) is 0 Å². The predicted molar refractivity (Wildman–Crippen MR) is 69.4 cm³/mol. The van der Waals surface area contributed by atoms with Crippen molar-refractivity contribution < 1.29 is 4.74 Å². The molecule has 0 aliphatic carbocycles. The first-order valence-corrected chi connectivity index (χ1v) is 6.48. The van der Waals surface area contributed by atoms with Gasteiger partial charge in [0.25, 0.3) is 5.56 Å². The number of nitrogens with zero attached hydrogens (tertiary/aromatic N) is 1. The van der Waals surface area contributed by atoms with Crippen molar-refractivity contribution in [1.29, 1.82) is 0 Å². The topological polar surface area (TPSA) is 67.0 Å². The molecule has 0 bridgehead atoms. The van der Waals surface area contributed by atoms with Crippen molar-refractivity contribution in [3.8, 4) is 0 Å². The first-order chi connectivity index (χ1) is 8.49. The molecule has 0 aromatic carbocycles. The number of hydrogen-bond donors (Lipinski definition) is 2. The molecule has 1 aromatic heterocycles. The van der Waals surface area contributed by atoms with Gasteiger partial charge in [0.2, 0.25) is 0 Å². The van der Waals surface area contributed by atoms with E-state index in [1.165, 1.54) is 6.07 Å². The van der Waals surface area contributed by atoms with Gasteiger partial charge in [0.05, 0.1) is 5.69 Å². The highest BCUT2D eigenvalue weighted by Crippen LogP contribution is 2.32. The molecule has 0 radical (unpaired) electrons. The molecule has 2 rings (SSSR count). The van der Waals surface area contributed by atoms with Crippen LogP contribution >= 0.6 is 0 Å². The fourth-order valence-corrected chi connectivity index (χ4v) is 2.12. The van der Waals surface area contributed by atoms with E-state index in [0.29, 0.717) is 18.4 Å². The van der Waals surface area contributed by atoms with Crippen molar-refractivity contribution >= 4 is 0 Å². The van der Waals surface area contributed by atoms with E-state index in [-0.39, 0.29) is 5.56 Å². The second kappa shape index (κ2) is 5.20. The molecule has 100 valence electrons. The van der Waals surface area contributed by atoms with Crippen LogP contribution in [0.3, 0.4) is 0 Å². The maximum atomic E-state index is 11.7. The number of aromatic nitrogens is 2. The summed E-state index contributed by atoms with van der Waals surface area (Å²) in [5.41, 5.74) is 0.212. The lowest BCUT2D eigenvalue weighted by Gasteiger charge is -2.22. The molecule has 1 fully saturated rings. The van der Waals surface area contributed by atoms with Crippen LogP contribution < -0.4 is 10.9 Å². The summed E-state index contributed by atoms with van der Waals surface area (Å²) in [6.45, 7) is 7.45. The summed E-state index contributed by atoms with van der Waals surface area (Å²) in [5.74, 6) is 0.646. The highest BCUT2D eigenvalue weighted by atomic mass is 16.5. The number of aromatic amines is 1. The quantitative estimate of drug-likeness (QED) is 0.846. The maximum Gasteiger partial charge on any atom is 0.251 e. The Morgan fingerprint density at radius 3 is 3.00 bits per heavy atom. The molecule has 5 nitrogen and oxygen atoms in total. The van der Waals surface area contributed by atoms with Crippen LogP contribution in [0.1, 0.15) is 45.1 Å². The van der Waals surface area contributed by atoms with Gasteiger partial charge in [-0.05, 0) is 19.8 Å². The van der Waals surface area contributed by atoms with E-state index in [4.69, 9.17) is 4.74 Å². The summed E-state index contributed by atoms with van der Waals surface area (Å²) in [5, 5.41) is 3.26. The molecular weight excluding hydrogens is 230 g/mol. The average molecular weight is 251 g/mol. The Morgan fingerprint density at radius 2 is 2.39 bits per heavy atom. The molecule has 1 aromatic rings. The third kappa shape index (κ3) is 2.97. The Balaban J connectivity index is 2.23. The number of H-pyrrole nitrogens is 1. The van der Waals surface area contributed by atoms with Gasteiger partial charge in [-0.25, -0.2) is 4.98 Å². The Labute approximate surface area is 107 Å². The highest BCUT2D eigenvalue weighted by molar-refractivity contribution is 5.09. The molecule has 2 N–H and O–H groups in total. The van der Waals surface area contributed by atoms with Gasteiger partial charge in [0.15, 0.2) is 0 Å². The number of hydrogen-bond acceptors (Lipinski definition) is 4. The minimum Gasteiger partial charge on any atom is -0.367 e. The number of ether oxygens (including phenoxy) is 1. The fourth-order valence-electron chi connectivity index (χ4n) is 2.12. The van der Waals surface area contributed by atoms with Gasteiger partial charge in [-0.3, -0.25) is 4.79 Å².